The standard InChI is InChI=1S/C19H22N2O2S2/c22-18(20-10-7-16-14(13-20)8-12-25-16)5-6-19(23)21-9-1-3-15(21)17-4-2-11-24-17/h2,4,8,11-12,15H,1,3,5-7,9-10,13H2. The summed E-state index contributed by atoms with van der Waals surface area (Å²) in [6, 6.07) is 6.48. The van der Waals surface area contributed by atoms with Crippen LogP contribution in [0.2, 0.25) is 0 Å². The van der Waals surface area contributed by atoms with Crippen LogP contribution in [0.4, 0.5) is 0 Å². The van der Waals surface area contributed by atoms with Crippen molar-refractivity contribution in [2.75, 3.05) is 13.1 Å². The fraction of sp³-hybridized carbons (Fsp3) is 0.474. The number of carbonyl (C=O) groups is 2. The Morgan fingerprint density at radius 2 is 1.96 bits per heavy atom. The van der Waals surface area contributed by atoms with Gasteiger partial charge in [0.15, 0.2) is 0 Å². The van der Waals surface area contributed by atoms with Crippen LogP contribution < -0.4 is 0 Å². The summed E-state index contributed by atoms with van der Waals surface area (Å²) in [4.78, 5) is 31.7. The Hall–Kier alpha value is -1.66. The molecule has 1 atom stereocenters. The van der Waals surface area contributed by atoms with Gasteiger partial charge in [0.05, 0.1) is 6.04 Å². The highest BCUT2D eigenvalue weighted by atomic mass is 32.1. The van der Waals surface area contributed by atoms with Gasteiger partial charge in [-0.25, -0.2) is 0 Å². The third-order valence-electron chi connectivity index (χ3n) is 5.16. The van der Waals surface area contributed by atoms with Crippen LogP contribution in [0.25, 0.3) is 0 Å². The summed E-state index contributed by atoms with van der Waals surface area (Å²) in [5, 5.41) is 4.16. The lowest BCUT2D eigenvalue weighted by Crippen LogP contribution is -2.36. The molecule has 6 heteroatoms. The van der Waals surface area contributed by atoms with Crippen LogP contribution in [0.5, 0.6) is 0 Å². The van der Waals surface area contributed by atoms with Gasteiger partial charge in [-0.3, -0.25) is 9.59 Å². The van der Waals surface area contributed by atoms with Crippen LogP contribution in [0.3, 0.4) is 0 Å². The second-order valence-electron chi connectivity index (χ2n) is 6.69. The Morgan fingerprint density at radius 3 is 2.80 bits per heavy atom. The SMILES string of the molecule is O=C(CCC(=O)N1CCCC1c1cccs1)N1CCc2sccc2C1. The van der Waals surface area contributed by atoms with Gasteiger partial charge in [-0.2, -0.15) is 0 Å². The number of carbonyl (C=O) groups excluding carboxylic acids is 2. The van der Waals surface area contributed by atoms with Crippen molar-refractivity contribution in [2.45, 2.75) is 44.7 Å². The minimum absolute atomic E-state index is 0.108. The molecular weight excluding hydrogens is 352 g/mol. The molecule has 132 valence electrons. The van der Waals surface area contributed by atoms with E-state index in [0.717, 1.165) is 32.4 Å². The fourth-order valence-corrected chi connectivity index (χ4v) is 5.58. The molecule has 0 bridgehead atoms. The first kappa shape index (κ1) is 16.8. The van der Waals surface area contributed by atoms with Crippen LogP contribution in [0.15, 0.2) is 29.0 Å². The molecule has 25 heavy (non-hydrogen) atoms. The maximum absolute atomic E-state index is 12.7. The summed E-state index contributed by atoms with van der Waals surface area (Å²) < 4.78 is 0. The lowest BCUT2D eigenvalue weighted by Gasteiger charge is -2.28. The van der Waals surface area contributed by atoms with E-state index >= 15 is 0 Å². The van der Waals surface area contributed by atoms with Gasteiger partial charge in [-0.15, -0.1) is 22.7 Å². The van der Waals surface area contributed by atoms with Crippen LogP contribution in [-0.2, 0) is 22.6 Å². The van der Waals surface area contributed by atoms with E-state index in [1.807, 2.05) is 15.9 Å². The van der Waals surface area contributed by atoms with E-state index in [9.17, 15) is 9.59 Å². The van der Waals surface area contributed by atoms with Gasteiger partial charge in [0.1, 0.15) is 0 Å². The van der Waals surface area contributed by atoms with Gasteiger partial charge in [-0.05, 0) is 47.7 Å². The van der Waals surface area contributed by atoms with Crippen LogP contribution in [0.1, 0.15) is 47.0 Å². The summed E-state index contributed by atoms with van der Waals surface area (Å²) in [5.41, 5.74) is 1.27. The average Bonchev–Trinajstić information content (AvgIpc) is 3.38. The number of hydrogen-bond donors (Lipinski definition) is 0. The minimum Gasteiger partial charge on any atom is -0.338 e. The van der Waals surface area contributed by atoms with E-state index in [1.165, 1.54) is 15.3 Å². The Labute approximate surface area is 156 Å². The molecule has 2 aromatic heterocycles. The van der Waals surface area contributed by atoms with Crippen molar-refractivity contribution < 1.29 is 9.59 Å². The fourth-order valence-electron chi connectivity index (χ4n) is 3.82. The predicted molar refractivity (Wildman–Crippen MR) is 101 cm³/mol. The van der Waals surface area contributed by atoms with Crippen molar-refractivity contribution in [3.8, 4) is 0 Å². The largest absolute Gasteiger partial charge is 0.338 e. The van der Waals surface area contributed by atoms with E-state index in [0.29, 0.717) is 19.4 Å². The van der Waals surface area contributed by atoms with Crippen molar-refractivity contribution >= 4 is 34.5 Å². The lowest BCUT2D eigenvalue weighted by molar-refractivity contribution is -0.138. The van der Waals surface area contributed by atoms with Gasteiger partial charge in [0.2, 0.25) is 11.8 Å². The third-order valence-corrected chi connectivity index (χ3v) is 7.15. The van der Waals surface area contributed by atoms with Crippen LogP contribution >= 0.6 is 22.7 Å². The van der Waals surface area contributed by atoms with Gasteiger partial charge in [0.25, 0.3) is 0 Å². The van der Waals surface area contributed by atoms with Crippen LogP contribution in [-0.4, -0.2) is 34.7 Å². The van der Waals surface area contributed by atoms with Gasteiger partial charge in [0, 0.05) is 42.2 Å². The summed E-state index contributed by atoms with van der Waals surface area (Å²) in [5.74, 6) is 0.231. The van der Waals surface area contributed by atoms with Gasteiger partial charge >= 0.3 is 0 Å². The number of likely N-dealkylation sites (tertiary alicyclic amines) is 1. The molecule has 0 saturated carbocycles. The Bertz CT molecular complexity index is 753. The number of fused-ring (bicyclic) bond motifs is 1. The molecular formula is C19H22N2O2S2. The molecule has 0 aliphatic carbocycles. The second kappa shape index (κ2) is 7.30. The smallest absolute Gasteiger partial charge is 0.223 e. The zero-order valence-corrected chi connectivity index (χ0v) is 15.8. The predicted octanol–water partition coefficient (Wildman–Crippen LogP) is 3.84. The highest BCUT2D eigenvalue weighted by Crippen LogP contribution is 2.35. The second-order valence-corrected chi connectivity index (χ2v) is 8.67. The van der Waals surface area contributed by atoms with E-state index in [2.05, 4.69) is 22.9 Å². The molecule has 0 aromatic carbocycles. The molecule has 2 aliphatic rings. The summed E-state index contributed by atoms with van der Waals surface area (Å²) in [7, 11) is 0. The number of amides is 2. The molecule has 1 fully saturated rings. The number of thiophene rings is 2. The average molecular weight is 375 g/mol. The van der Waals surface area contributed by atoms with Crippen molar-refractivity contribution in [3.63, 3.8) is 0 Å². The first-order valence-corrected chi connectivity index (χ1v) is 10.6. The molecule has 1 saturated heterocycles. The Kier molecular flexibility index (Phi) is 4.90. The zero-order valence-electron chi connectivity index (χ0n) is 14.1. The molecule has 2 amide bonds. The van der Waals surface area contributed by atoms with E-state index < -0.39 is 0 Å². The molecule has 1 unspecified atom stereocenters. The normalized spacial score (nSPS) is 19.9. The molecule has 2 aromatic rings. The molecule has 0 spiro atoms. The molecule has 4 nitrogen and oxygen atoms in total. The third kappa shape index (κ3) is 3.51. The highest BCUT2D eigenvalue weighted by molar-refractivity contribution is 7.10. The van der Waals surface area contributed by atoms with Gasteiger partial charge < -0.3 is 9.80 Å². The number of nitrogens with zero attached hydrogens (tertiary/aromatic N) is 2. The molecule has 4 rings (SSSR count). The van der Waals surface area contributed by atoms with Crippen molar-refractivity contribution in [1.29, 1.82) is 0 Å². The van der Waals surface area contributed by atoms with E-state index in [-0.39, 0.29) is 17.9 Å². The Morgan fingerprint density at radius 1 is 1.08 bits per heavy atom. The highest BCUT2D eigenvalue weighted by Gasteiger charge is 2.31. The van der Waals surface area contributed by atoms with Crippen molar-refractivity contribution in [1.82, 2.24) is 9.80 Å². The first-order valence-electron chi connectivity index (χ1n) is 8.88. The van der Waals surface area contributed by atoms with Crippen molar-refractivity contribution in [2.24, 2.45) is 0 Å². The summed E-state index contributed by atoms with van der Waals surface area (Å²) in [6.45, 7) is 2.30. The maximum Gasteiger partial charge on any atom is 0.223 e. The van der Waals surface area contributed by atoms with Gasteiger partial charge in [-0.1, -0.05) is 6.07 Å². The van der Waals surface area contributed by atoms with Crippen LogP contribution in [0, 0.1) is 0 Å². The monoisotopic (exact) mass is 374 g/mol. The quantitative estimate of drug-likeness (QED) is 0.816. The molecule has 0 N–H and O–H groups in total. The van der Waals surface area contributed by atoms with E-state index in [1.54, 1.807) is 22.7 Å². The first-order chi connectivity index (χ1) is 12.2. The molecule has 0 radical (unpaired) electrons. The topological polar surface area (TPSA) is 40.6 Å². The number of hydrogen-bond acceptors (Lipinski definition) is 4. The number of rotatable bonds is 4. The molecule has 2 aliphatic heterocycles. The summed E-state index contributed by atoms with van der Waals surface area (Å²) in [6.07, 6.45) is 3.68. The Balaban J connectivity index is 1.32. The lowest BCUT2D eigenvalue weighted by atomic mass is 10.1. The minimum atomic E-state index is 0.108. The zero-order chi connectivity index (χ0) is 17.2. The summed E-state index contributed by atoms with van der Waals surface area (Å²) >= 11 is 3.49. The van der Waals surface area contributed by atoms with E-state index in [4.69, 9.17) is 0 Å². The molecule has 4 heterocycles. The maximum atomic E-state index is 12.7. The van der Waals surface area contributed by atoms with Crippen molar-refractivity contribution in [3.05, 3.63) is 44.3 Å².